The average Bonchev–Trinajstić information content (AvgIpc) is 2.38. The lowest BCUT2D eigenvalue weighted by atomic mass is 9.99. The minimum Gasteiger partial charge on any atom is -0.462 e. The maximum Gasteiger partial charge on any atom is 0.302 e. The van der Waals surface area contributed by atoms with Crippen LogP contribution in [0.25, 0.3) is 0 Å². The number of ether oxygens (including phenoxy) is 1. The molecule has 1 heterocycles. The Kier molecular flexibility index (Phi) is 8.71. The predicted octanol–water partition coefficient (Wildman–Crippen LogP) is 4.85. The van der Waals surface area contributed by atoms with Crippen LogP contribution in [-0.4, -0.2) is 23.6 Å². The third-order valence-electron chi connectivity index (χ3n) is 3.17. The van der Waals surface area contributed by atoms with Gasteiger partial charge in [0.1, 0.15) is 6.10 Å². The number of thioether (sulfide) groups is 2. The number of esters is 1. The van der Waals surface area contributed by atoms with Crippen LogP contribution in [0.5, 0.6) is 0 Å². The Morgan fingerprint density at radius 1 is 1.37 bits per heavy atom. The number of unbranched alkanes of at least 4 members (excludes halogenated alkanes) is 2. The maximum absolute atomic E-state index is 11.2. The Labute approximate surface area is 126 Å². The minimum atomic E-state index is -0.157. The SMILES string of the molecule is CCCCC[C@H](OC(C)=O)[C@H](C)C=C1SCCCS1. The second-order valence-electron chi connectivity index (χ2n) is 5.04. The van der Waals surface area contributed by atoms with E-state index in [1.165, 1.54) is 41.9 Å². The Balaban J connectivity index is 2.53. The highest BCUT2D eigenvalue weighted by Crippen LogP contribution is 2.36. The molecule has 0 aromatic carbocycles. The van der Waals surface area contributed by atoms with Crippen molar-refractivity contribution < 1.29 is 9.53 Å². The van der Waals surface area contributed by atoms with E-state index in [0.29, 0.717) is 5.92 Å². The normalized spacial score (nSPS) is 18.8. The van der Waals surface area contributed by atoms with E-state index >= 15 is 0 Å². The van der Waals surface area contributed by atoms with E-state index in [-0.39, 0.29) is 12.1 Å². The predicted molar refractivity (Wildman–Crippen MR) is 86.5 cm³/mol. The Morgan fingerprint density at radius 2 is 2.05 bits per heavy atom. The lowest BCUT2D eigenvalue weighted by Gasteiger charge is -2.23. The van der Waals surface area contributed by atoms with Crippen LogP contribution in [-0.2, 0) is 9.53 Å². The fourth-order valence-corrected chi connectivity index (χ4v) is 4.72. The molecule has 0 bridgehead atoms. The molecule has 0 amide bonds. The van der Waals surface area contributed by atoms with Crippen molar-refractivity contribution in [2.75, 3.05) is 11.5 Å². The summed E-state index contributed by atoms with van der Waals surface area (Å²) in [4.78, 5) is 11.2. The standard InChI is InChI=1S/C15H26O2S2/c1-4-5-6-8-14(17-13(3)16)12(2)11-15-18-9-7-10-19-15/h11-12,14H,4-10H2,1-3H3/t12-,14+/m1/s1. The van der Waals surface area contributed by atoms with Gasteiger partial charge in [0.15, 0.2) is 0 Å². The first kappa shape index (κ1) is 17.0. The third-order valence-corrected chi connectivity index (χ3v) is 5.71. The summed E-state index contributed by atoms with van der Waals surface area (Å²) in [6.45, 7) is 5.88. The molecule has 1 rings (SSSR count). The van der Waals surface area contributed by atoms with Crippen molar-refractivity contribution >= 4 is 29.5 Å². The monoisotopic (exact) mass is 302 g/mol. The second-order valence-corrected chi connectivity index (χ2v) is 7.57. The largest absolute Gasteiger partial charge is 0.462 e. The zero-order chi connectivity index (χ0) is 14.1. The van der Waals surface area contributed by atoms with Gasteiger partial charge in [-0.1, -0.05) is 32.8 Å². The van der Waals surface area contributed by atoms with E-state index in [1.54, 1.807) is 0 Å². The van der Waals surface area contributed by atoms with Gasteiger partial charge < -0.3 is 4.74 Å². The van der Waals surface area contributed by atoms with Crippen LogP contribution in [0, 0.1) is 5.92 Å². The Morgan fingerprint density at radius 3 is 2.63 bits per heavy atom. The molecule has 0 unspecified atom stereocenters. The van der Waals surface area contributed by atoms with E-state index < -0.39 is 0 Å². The molecule has 4 heteroatoms. The molecule has 0 N–H and O–H groups in total. The van der Waals surface area contributed by atoms with Crippen molar-refractivity contribution in [3.63, 3.8) is 0 Å². The maximum atomic E-state index is 11.2. The number of carbonyl (C=O) groups excluding carboxylic acids is 1. The van der Waals surface area contributed by atoms with Gasteiger partial charge in [-0.15, -0.1) is 23.5 Å². The summed E-state index contributed by atoms with van der Waals surface area (Å²) >= 11 is 3.88. The van der Waals surface area contributed by atoms with E-state index in [4.69, 9.17) is 4.74 Å². The second kappa shape index (κ2) is 9.76. The molecule has 0 radical (unpaired) electrons. The van der Waals surface area contributed by atoms with Crippen LogP contribution in [0.1, 0.15) is 52.9 Å². The van der Waals surface area contributed by atoms with Gasteiger partial charge in [0.05, 0.1) is 0 Å². The van der Waals surface area contributed by atoms with Gasteiger partial charge in [-0.2, -0.15) is 0 Å². The molecule has 1 fully saturated rings. The Hall–Kier alpha value is -0.0900. The summed E-state index contributed by atoms with van der Waals surface area (Å²) in [6.07, 6.45) is 8.17. The van der Waals surface area contributed by atoms with Crippen LogP contribution >= 0.6 is 23.5 Å². The number of rotatable bonds is 7. The highest BCUT2D eigenvalue weighted by molar-refractivity contribution is 8.22. The lowest BCUT2D eigenvalue weighted by Crippen LogP contribution is -2.23. The summed E-state index contributed by atoms with van der Waals surface area (Å²) in [5.74, 6) is 2.60. The summed E-state index contributed by atoms with van der Waals surface area (Å²) in [5, 5.41) is 0. The zero-order valence-corrected chi connectivity index (χ0v) is 13.9. The molecule has 1 aliphatic rings. The summed E-state index contributed by atoms with van der Waals surface area (Å²) in [6, 6.07) is 0. The first-order chi connectivity index (χ1) is 9.13. The lowest BCUT2D eigenvalue weighted by molar-refractivity contribution is -0.148. The van der Waals surface area contributed by atoms with Crippen molar-refractivity contribution in [2.24, 2.45) is 5.92 Å². The van der Waals surface area contributed by atoms with Gasteiger partial charge in [0.25, 0.3) is 0 Å². The molecule has 19 heavy (non-hydrogen) atoms. The summed E-state index contributed by atoms with van der Waals surface area (Å²) in [5.41, 5.74) is 0. The van der Waals surface area contributed by atoms with Gasteiger partial charge >= 0.3 is 5.97 Å². The average molecular weight is 303 g/mol. The summed E-state index contributed by atoms with van der Waals surface area (Å²) in [7, 11) is 0. The van der Waals surface area contributed by atoms with Crippen molar-refractivity contribution in [1.82, 2.24) is 0 Å². The molecule has 0 aromatic heterocycles. The first-order valence-electron chi connectivity index (χ1n) is 7.28. The van der Waals surface area contributed by atoms with Crippen LogP contribution in [0.4, 0.5) is 0 Å². The van der Waals surface area contributed by atoms with Crippen LogP contribution in [0.3, 0.4) is 0 Å². The van der Waals surface area contributed by atoms with E-state index in [9.17, 15) is 4.79 Å². The molecule has 2 nitrogen and oxygen atoms in total. The number of carbonyl (C=O) groups is 1. The van der Waals surface area contributed by atoms with Crippen molar-refractivity contribution in [1.29, 1.82) is 0 Å². The first-order valence-corrected chi connectivity index (χ1v) is 9.25. The van der Waals surface area contributed by atoms with E-state index in [1.807, 2.05) is 23.5 Å². The fraction of sp³-hybridized carbons (Fsp3) is 0.800. The van der Waals surface area contributed by atoms with Crippen molar-refractivity contribution in [3.8, 4) is 0 Å². The van der Waals surface area contributed by atoms with E-state index in [0.717, 1.165) is 12.8 Å². The highest BCUT2D eigenvalue weighted by Gasteiger charge is 2.19. The van der Waals surface area contributed by atoms with Gasteiger partial charge in [0.2, 0.25) is 0 Å². The molecule has 0 aliphatic carbocycles. The molecule has 1 saturated heterocycles. The van der Waals surface area contributed by atoms with Crippen molar-refractivity contribution in [3.05, 3.63) is 10.3 Å². The highest BCUT2D eigenvalue weighted by atomic mass is 32.2. The molecule has 1 aliphatic heterocycles. The third kappa shape index (κ3) is 7.31. The molecular formula is C15H26O2S2. The number of hydrogen-bond acceptors (Lipinski definition) is 4. The molecule has 2 atom stereocenters. The molecule has 0 aromatic rings. The molecule has 0 saturated carbocycles. The van der Waals surface area contributed by atoms with Gasteiger partial charge in [-0.3, -0.25) is 4.79 Å². The molecule has 0 spiro atoms. The topological polar surface area (TPSA) is 26.3 Å². The Bertz CT molecular complexity index is 295. The van der Waals surface area contributed by atoms with Gasteiger partial charge in [-0.05, 0) is 30.8 Å². The smallest absolute Gasteiger partial charge is 0.302 e. The molecule has 110 valence electrons. The van der Waals surface area contributed by atoms with Gasteiger partial charge in [0, 0.05) is 17.1 Å². The quantitative estimate of drug-likeness (QED) is 0.496. The summed E-state index contributed by atoms with van der Waals surface area (Å²) < 4.78 is 6.91. The molecular weight excluding hydrogens is 276 g/mol. The van der Waals surface area contributed by atoms with E-state index in [2.05, 4.69) is 19.9 Å². The number of hydrogen-bond donors (Lipinski definition) is 0. The zero-order valence-electron chi connectivity index (χ0n) is 12.3. The van der Waals surface area contributed by atoms with Crippen LogP contribution in [0.15, 0.2) is 10.3 Å². The van der Waals surface area contributed by atoms with Crippen LogP contribution < -0.4 is 0 Å². The van der Waals surface area contributed by atoms with Gasteiger partial charge in [-0.25, -0.2) is 0 Å². The van der Waals surface area contributed by atoms with Crippen LogP contribution in [0.2, 0.25) is 0 Å². The van der Waals surface area contributed by atoms with Crippen molar-refractivity contribution in [2.45, 2.75) is 59.0 Å². The fourth-order valence-electron chi connectivity index (χ4n) is 2.10. The minimum absolute atomic E-state index is 0.0414.